The van der Waals surface area contributed by atoms with Crippen molar-refractivity contribution in [2.24, 2.45) is 0 Å². The predicted octanol–water partition coefficient (Wildman–Crippen LogP) is 3.21. The van der Waals surface area contributed by atoms with Gasteiger partial charge in [0, 0.05) is 0 Å². The van der Waals surface area contributed by atoms with E-state index in [-0.39, 0.29) is 18.6 Å². The maximum atomic E-state index is 12.3. The first kappa shape index (κ1) is 18.4. The first-order valence-electron chi connectivity index (χ1n) is 8.67. The Labute approximate surface area is 157 Å². The van der Waals surface area contributed by atoms with Gasteiger partial charge in [-0.15, -0.1) is 0 Å². The highest BCUT2D eigenvalue weighted by Crippen LogP contribution is 2.15. The molecule has 1 amide bonds. The average molecular weight is 363 g/mol. The Morgan fingerprint density at radius 1 is 1.07 bits per heavy atom. The van der Waals surface area contributed by atoms with Crippen LogP contribution in [0.1, 0.15) is 34.6 Å². The van der Waals surface area contributed by atoms with Gasteiger partial charge in [0.25, 0.3) is 5.91 Å². The summed E-state index contributed by atoms with van der Waals surface area (Å²) in [6.45, 7) is 3.32. The third-order valence-electron chi connectivity index (χ3n) is 4.24. The largest absolute Gasteiger partial charge is 0.452 e. The van der Waals surface area contributed by atoms with Crippen LogP contribution in [-0.4, -0.2) is 28.3 Å². The molecule has 0 fully saturated rings. The van der Waals surface area contributed by atoms with E-state index in [2.05, 4.69) is 10.4 Å². The minimum atomic E-state index is -0.572. The van der Waals surface area contributed by atoms with Crippen molar-refractivity contribution in [3.63, 3.8) is 0 Å². The predicted molar refractivity (Wildman–Crippen MR) is 102 cm³/mol. The van der Waals surface area contributed by atoms with E-state index in [0.29, 0.717) is 11.3 Å². The second kappa shape index (κ2) is 8.31. The number of para-hydroxylation sites is 1. The number of nitrogens with zero attached hydrogens (tertiary/aromatic N) is 2. The van der Waals surface area contributed by atoms with Gasteiger partial charge in [0.05, 0.1) is 23.6 Å². The molecule has 1 aromatic heterocycles. The summed E-state index contributed by atoms with van der Waals surface area (Å²) < 4.78 is 6.81. The first-order chi connectivity index (χ1) is 13.1. The number of amides is 1. The van der Waals surface area contributed by atoms with Gasteiger partial charge in [0.1, 0.15) is 5.56 Å². The molecule has 3 aromatic rings. The Morgan fingerprint density at radius 3 is 2.37 bits per heavy atom. The highest BCUT2D eigenvalue weighted by atomic mass is 16.5. The third-order valence-corrected chi connectivity index (χ3v) is 4.24. The van der Waals surface area contributed by atoms with Crippen molar-refractivity contribution in [2.75, 3.05) is 6.61 Å². The van der Waals surface area contributed by atoms with E-state index < -0.39 is 5.97 Å². The van der Waals surface area contributed by atoms with Crippen LogP contribution in [0, 0.1) is 6.92 Å². The molecule has 0 aliphatic carbocycles. The fourth-order valence-corrected chi connectivity index (χ4v) is 2.76. The van der Waals surface area contributed by atoms with Gasteiger partial charge in [-0.25, -0.2) is 9.48 Å². The molecule has 1 N–H and O–H groups in total. The summed E-state index contributed by atoms with van der Waals surface area (Å²) in [5.41, 5.74) is 2.83. The van der Waals surface area contributed by atoms with Gasteiger partial charge < -0.3 is 10.1 Å². The van der Waals surface area contributed by atoms with Crippen molar-refractivity contribution >= 4 is 11.9 Å². The highest BCUT2D eigenvalue weighted by molar-refractivity contribution is 5.92. The monoisotopic (exact) mass is 363 g/mol. The molecule has 0 saturated carbocycles. The molecule has 6 heteroatoms. The van der Waals surface area contributed by atoms with Crippen LogP contribution >= 0.6 is 0 Å². The number of hydrogen-bond donors (Lipinski definition) is 1. The van der Waals surface area contributed by atoms with E-state index in [1.165, 1.54) is 6.20 Å². The molecule has 2 aromatic carbocycles. The van der Waals surface area contributed by atoms with Crippen molar-refractivity contribution in [3.8, 4) is 5.69 Å². The molecular formula is C21H21N3O3. The van der Waals surface area contributed by atoms with Gasteiger partial charge in [-0.1, -0.05) is 48.5 Å². The number of benzene rings is 2. The minimum Gasteiger partial charge on any atom is -0.452 e. The number of aromatic nitrogens is 2. The van der Waals surface area contributed by atoms with Gasteiger partial charge in [-0.05, 0) is 31.5 Å². The van der Waals surface area contributed by atoms with Gasteiger partial charge in [-0.2, -0.15) is 5.10 Å². The van der Waals surface area contributed by atoms with Crippen LogP contribution in [0.4, 0.5) is 0 Å². The Morgan fingerprint density at radius 2 is 1.70 bits per heavy atom. The Balaban J connectivity index is 1.58. The van der Waals surface area contributed by atoms with Gasteiger partial charge >= 0.3 is 5.97 Å². The molecule has 0 spiro atoms. The normalized spacial score (nSPS) is 11.6. The highest BCUT2D eigenvalue weighted by Gasteiger charge is 2.18. The van der Waals surface area contributed by atoms with Gasteiger partial charge in [0.15, 0.2) is 6.61 Å². The number of ether oxygens (including phenoxy) is 1. The molecule has 1 heterocycles. The van der Waals surface area contributed by atoms with Crippen LogP contribution in [0.15, 0.2) is 66.9 Å². The lowest BCUT2D eigenvalue weighted by molar-refractivity contribution is -0.124. The number of carbonyl (C=O) groups is 2. The van der Waals surface area contributed by atoms with Crippen molar-refractivity contribution in [3.05, 3.63) is 83.7 Å². The molecule has 138 valence electrons. The number of nitrogens with one attached hydrogen (secondary N) is 1. The topological polar surface area (TPSA) is 73.2 Å². The Bertz CT molecular complexity index is 920. The van der Waals surface area contributed by atoms with Crippen LogP contribution in [0.3, 0.4) is 0 Å². The van der Waals surface area contributed by atoms with E-state index in [9.17, 15) is 9.59 Å². The molecular weight excluding hydrogens is 342 g/mol. The van der Waals surface area contributed by atoms with Crippen molar-refractivity contribution < 1.29 is 14.3 Å². The van der Waals surface area contributed by atoms with E-state index in [1.54, 1.807) is 11.6 Å². The molecule has 0 unspecified atom stereocenters. The summed E-state index contributed by atoms with van der Waals surface area (Å²) in [4.78, 5) is 24.4. The van der Waals surface area contributed by atoms with E-state index >= 15 is 0 Å². The summed E-state index contributed by atoms with van der Waals surface area (Å²) in [7, 11) is 0. The standard InChI is InChI=1S/C21H21N3O3/c1-15(17-9-5-3-6-10-17)23-20(25)14-27-21(26)19-13-22-24(16(19)2)18-11-7-4-8-12-18/h3-13,15H,14H2,1-2H3,(H,23,25)/t15-/m0/s1. The number of carbonyl (C=O) groups excluding carboxylic acids is 2. The average Bonchev–Trinajstić information content (AvgIpc) is 3.09. The zero-order chi connectivity index (χ0) is 19.2. The zero-order valence-corrected chi connectivity index (χ0v) is 15.3. The summed E-state index contributed by atoms with van der Waals surface area (Å²) in [6.07, 6.45) is 1.45. The first-order valence-corrected chi connectivity index (χ1v) is 8.67. The molecule has 6 nitrogen and oxygen atoms in total. The number of esters is 1. The van der Waals surface area contributed by atoms with E-state index in [1.807, 2.05) is 67.6 Å². The molecule has 0 aliphatic heterocycles. The van der Waals surface area contributed by atoms with Crippen LogP contribution < -0.4 is 5.32 Å². The van der Waals surface area contributed by atoms with Crippen molar-refractivity contribution in [1.29, 1.82) is 0 Å². The maximum Gasteiger partial charge on any atom is 0.342 e. The fourth-order valence-electron chi connectivity index (χ4n) is 2.76. The lowest BCUT2D eigenvalue weighted by Crippen LogP contribution is -2.31. The summed E-state index contributed by atoms with van der Waals surface area (Å²) in [6, 6.07) is 18.9. The van der Waals surface area contributed by atoms with Crippen molar-refractivity contribution in [2.45, 2.75) is 19.9 Å². The summed E-state index contributed by atoms with van der Waals surface area (Å²) >= 11 is 0. The molecule has 1 atom stereocenters. The van der Waals surface area contributed by atoms with E-state index in [0.717, 1.165) is 11.3 Å². The second-order valence-electron chi connectivity index (χ2n) is 6.17. The Hall–Kier alpha value is -3.41. The number of hydrogen-bond acceptors (Lipinski definition) is 4. The third kappa shape index (κ3) is 4.41. The minimum absolute atomic E-state index is 0.167. The summed E-state index contributed by atoms with van der Waals surface area (Å²) in [5.74, 6) is -0.926. The fraction of sp³-hybridized carbons (Fsp3) is 0.190. The summed E-state index contributed by atoms with van der Waals surface area (Å²) in [5, 5.41) is 7.05. The molecule has 0 aliphatic rings. The molecule has 0 saturated heterocycles. The maximum absolute atomic E-state index is 12.3. The molecule has 27 heavy (non-hydrogen) atoms. The van der Waals surface area contributed by atoms with Crippen LogP contribution in [0.25, 0.3) is 5.69 Å². The smallest absolute Gasteiger partial charge is 0.342 e. The quantitative estimate of drug-likeness (QED) is 0.683. The lowest BCUT2D eigenvalue weighted by Gasteiger charge is -2.14. The Kier molecular flexibility index (Phi) is 5.66. The van der Waals surface area contributed by atoms with Crippen molar-refractivity contribution in [1.82, 2.24) is 15.1 Å². The van der Waals surface area contributed by atoms with Gasteiger partial charge in [-0.3, -0.25) is 4.79 Å². The number of rotatable bonds is 6. The second-order valence-corrected chi connectivity index (χ2v) is 6.17. The van der Waals surface area contributed by atoms with Gasteiger partial charge in [0.2, 0.25) is 0 Å². The van der Waals surface area contributed by atoms with Crippen LogP contribution in [0.5, 0.6) is 0 Å². The molecule has 3 rings (SSSR count). The molecule has 0 bridgehead atoms. The zero-order valence-electron chi connectivity index (χ0n) is 15.3. The van der Waals surface area contributed by atoms with Crippen LogP contribution in [-0.2, 0) is 9.53 Å². The lowest BCUT2D eigenvalue weighted by atomic mass is 10.1. The van der Waals surface area contributed by atoms with E-state index in [4.69, 9.17) is 4.74 Å². The molecule has 0 radical (unpaired) electrons. The van der Waals surface area contributed by atoms with Crippen LogP contribution in [0.2, 0.25) is 0 Å². The SMILES string of the molecule is Cc1c(C(=O)OCC(=O)N[C@@H](C)c2ccccc2)cnn1-c1ccccc1.